The maximum Gasteiger partial charge on any atom is 0.277 e. The van der Waals surface area contributed by atoms with Crippen molar-refractivity contribution in [3.05, 3.63) is 18.2 Å². The van der Waals surface area contributed by atoms with Gasteiger partial charge in [0.15, 0.2) is 15.0 Å². The molecule has 0 unspecified atom stereocenters. The lowest BCUT2D eigenvalue weighted by Crippen LogP contribution is -2.38. The van der Waals surface area contributed by atoms with Crippen LogP contribution in [0.2, 0.25) is 0 Å². The van der Waals surface area contributed by atoms with Crippen LogP contribution in [-0.2, 0) is 19.4 Å². The number of rotatable bonds is 4. The topological polar surface area (TPSA) is 94.5 Å². The number of hydrogen-bond donors (Lipinski definition) is 0. The molecule has 4 rings (SSSR count). The van der Waals surface area contributed by atoms with E-state index >= 15 is 0 Å². The van der Waals surface area contributed by atoms with Gasteiger partial charge in [0.1, 0.15) is 17.6 Å². The molecular weight excluding hydrogens is 404 g/mol. The second-order valence-electron chi connectivity index (χ2n) is 6.94. The van der Waals surface area contributed by atoms with Crippen LogP contribution >= 0.6 is 11.8 Å². The van der Waals surface area contributed by atoms with Crippen LogP contribution in [0.4, 0.5) is 5.69 Å². The zero-order valence-electron chi connectivity index (χ0n) is 15.7. The fourth-order valence-corrected chi connectivity index (χ4v) is 7.68. The van der Waals surface area contributed by atoms with Gasteiger partial charge in [-0.3, -0.25) is 4.79 Å². The molecule has 28 heavy (non-hydrogen) atoms. The van der Waals surface area contributed by atoms with Gasteiger partial charge in [-0.15, -0.1) is 0 Å². The molecule has 1 amide bonds. The third-order valence-corrected chi connectivity index (χ3v) is 8.33. The molecule has 0 radical (unpaired) electrons. The number of sulfone groups is 1. The Morgan fingerprint density at radius 3 is 2.79 bits per heavy atom. The molecule has 0 bridgehead atoms. The lowest BCUT2D eigenvalue weighted by atomic mass is 10.2. The number of anilines is 1. The summed E-state index contributed by atoms with van der Waals surface area (Å²) in [5.74, 6) is 0.927. The van der Waals surface area contributed by atoms with E-state index in [1.165, 1.54) is 11.8 Å². The summed E-state index contributed by atoms with van der Waals surface area (Å²) in [6.07, 6.45) is 0.985. The van der Waals surface area contributed by atoms with Crippen molar-refractivity contribution < 1.29 is 27.4 Å². The first-order valence-electron chi connectivity index (χ1n) is 9.04. The minimum absolute atomic E-state index is 0.0208. The summed E-state index contributed by atoms with van der Waals surface area (Å²) in [5.41, 5.74) is 0.666. The first kappa shape index (κ1) is 19.5. The fourth-order valence-electron chi connectivity index (χ4n) is 3.77. The summed E-state index contributed by atoms with van der Waals surface area (Å²) in [6.45, 7) is 0.563. The van der Waals surface area contributed by atoms with Gasteiger partial charge in [0.05, 0.1) is 37.5 Å². The molecule has 3 aliphatic heterocycles. The number of thioether (sulfide) groups is 1. The second kappa shape index (κ2) is 7.57. The van der Waals surface area contributed by atoms with Gasteiger partial charge in [-0.05, 0) is 25.0 Å². The predicted octanol–water partition coefficient (Wildman–Crippen LogP) is 1.48. The van der Waals surface area contributed by atoms with Crippen LogP contribution in [-0.4, -0.2) is 69.2 Å². The number of fused-ring (bicyclic) bond motifs is 1. The molecule has 3 saturated heterocycles. The molecular formula is C18H22N2O6S2. The highest BCUT2D eigenvalue weighted by Crippen LogP contribution is 2.44. The molecule has 0 N–H and O–H groups in total. The molecule has 3 aliphatic rings. The normalized spacial score (nSPS) is 29.9. The number of carbonyl (C=O) groups excluding carboxylic acids is 1. The Labute approximate surface area is 168 Å². The molecule has 3 fully saturated rings. The third kappa shape index (κ3) is 3.60. The largest absolute Gasteiger partial charge is 0.497 e. The molecule has 152 valence electrons. The first-order valence-corrected chi connectivity index (χ1v) is 11.7. The summed E-state index contributed by atoms with van der Waals surface area (Å²) in [4.78, 5) is 18.7. The highest BCUT2D eigenvalue weighted by atomic mass is 32.2. The summed E-state index contributed by atoms with van der Waals surface area (Å²) >= 11 is 1.34. The van der Waals surface area contributed by atoms with Gasteiger partial charge in [0.2, 0.25) is 0 Å². The zero-order chi connectivity index (χ0) is 19.9. The number of aliphatic imine (C=N–C) groups is 1. The lowest BCUT2D eigenvalue weighted by molar-refractivity contribution is -0.126. The molecule has 0 spiro atoms. The van der Waals surface area contributed by atoms with Crippen molar-refractivity contribution in [2.75, 3.05) is 37.2 Å². The lowest BCUT2D eigenvalue weighted by Gasteiger charge is -2.26. The van der Waals surface area contributed by atoms with E-state index in [0.717, 1.165) is 6.42 Å². The molecule has 0 saturated carbocycles. The van der Waals surface area contributed by atoms with E-state index in [2.05, 4.69) is 4.99 Å². The molecule has 8 nitrogen and oxygen atoms in total. The Kier molecular flexibility index (Phi) is 5.28. The number of amidine groups is 1. The van der Waals surface area contributed by atoms with Gasteiger partial charge in [0, 0.05) is 17.9 Å². The van der Waals surface area contributed by atoms with Crippen LogP contribution in [0.3, 0.4) is 0 Å². The van der Waals surface area contributed by atoms with E-state index in [1.54, 1.807) is 32.4 Å². The second-order valence-corrected chi connectivity index (χ2v) is 10.3. The van der Waals surface area contributed by atoms with Crippen molar-refractivity contribution in [2.45, 2.75) is 30.2 Å². The minimum atomic E-state index is -3.14. The van der Waals surface area contributed by atoms with Gasteiger partial charge in [0.25, 0.3) is 5.91 Å². The van der Waals surface area contributed by atoms with Crippen molar-refractivity contribution in [2.24, 2.45) is 4.99 Å². The molecule has 3 atom stereocenters. The Morgan fingerprint density at radius 2 is 2.11 bits per heavy atom. The number of hydrogen-bond acceptors (Lipinski definition) is 7. The fraction of sp³-hybridized carbons (Fsp3) is 0.556. The van der Waals surface area contributed by atoms with Gasteiger partial charge >= 0.3 is 0 Å². The minimum Gasteiger partial charge on any atom is -0.497 e. The van der Waals surface area contributed by atoms with E-state index in [-0.39, 0.29) is 28.7 Å². The Morgan fingerprint density at radius 1 is 1.29 bits per heavy atom. The average molecular weight is 427 g/mol. The van der Waals surface area contributed by atoms with Crippen LogP contribution < -0.4 is 14.4 Å². The van der Waals surface area contributed by atoms with E-state index < -0.39 is 15.9 Å². The number of carbonyl (C=O) groups is 1. The smallest absolute Gasteiger partial charge is 0.277 e. The highest BCUT2D eigenvalue weighted by Gasteiger charge is 2.50. The quantitative estimate of drug-likeness (QED) is 0.715. The standard InChI is InChI=1S/C18H22N2O6S2/c1-24-11-5-6-12(15(8-11)25-2)20-13-9-28(22,23)10-16(13)27-18(20)19-17(21)14-4-3-7-26-14/h5-6,8,13-14,16H,3-4,7,9-10H2,1-2H3/t13-,14+,16+/m1/s1. The first-order chi connectivity index (χ1) is 13.4. The molecule has 3 heterocycles. The number of nitrogens with zero attached hydrogens (tertiary/aromatic N) is 2. The molecule has 10 heteroatoms. The summed E-state index contributed by atoms with van der Waals surface area (Å²) in [5, 5.41) is 0.321. The van der Waals surface area contributed by atoms with E-state index in [0.29, 0.717) is 35.4 Å². The van der Waals surface area contributed by atoms with Crippen LogP contribution in [0.15, 0.2) is 23.2 Å². The zero-order valence-corrected chi connectivity index (χ0v) is 17.3. The van der Waals surface area contributed by atoms with Crippen LogP contribution in [0.25, 0.3) is 0 Å². The van der Waals surface area contributed by atoms with Crippen LogP contribution in [0.5, 0.6) is 11.5 Å². The summed E-state index contributed by atoms with van der Waals surface area (Å²) in [6, 6.07) is 5.01. The van der Waals surface area contributed by atoms with Crippen LogP contribution in [0.1, 0.15) is 12.8 Å². The molecule has 0 aromatic heterocycles. The Balaban J connectivity index is 1.73. The Hall–Kier alpha value is -1.78. The number of benzene rings is 1. The monoisotopic (exact) mass is 426 g/mol. The predicted molar refractivity (Wildman–Crippen MR) is 107 cm³/mol. The van der Waals surface area contributed by atoms with Gasteiger partial charge in [-0.1, -0.05) is 11.8 Å². The van der Waals surface area contributed by atoms with E-state index in [4.69, 9.17) is 14.2 Å². The van der Waals surface area contributed by atoms with Crippen molar-refractivity contribution >= 4 is 38.4 Å². The highest BCUT2D eigenvalue weighted by molar-refractivity contribution is 8.16. The van der Waals surface area contributed by atoms with Crippen molar-refractivity contribution in [3.63, 3.8) is 0 Å². The van der Waals surface area contributed by atoms with Crippen molar-refractivity contribution in [1.29, 1.82) is 0 Å². The van der Waals surface area contributed by atoms with Gasteiger partial charge in [-0.2, -0.15) is 4.99 Å². The number of ether oxygens (including phenoxy) is 3. The number of methoxy groups -OCH3 is 2. The molecule has 1 aromatic carbocycles. The van der Waals surface area contributed by atoms with E-state index in [1.807, 2.05) is 4.90 Å². The van der Waals surface area contributed by atoms with Crippen LogP contribution in [0, 0.1) is 0 Å². The average Bonchev–Trinajstić information content (AvgIpc) is 3.36. The SMILES string of the molecule is COc1ccc(N2C(=NC(=O)[C@@H]3CCCO3)S[C@H]3CS(=O)(=O)C[C@H]32)c(OC)c1. The van der Waals surface area contributed by atoms with Gasteiger partial charge in [-0.25, -0.2) is 8.42 Å². The molecule has 1 aromatic rings. The van der Waals surface area contributed by atoms with E-state index in [9.17, 15) is 13.2 Å². The Bertz CT molecular complexity index is 911. The maximum atomic E-state index is 12.6. The third-order valence-electron chi connectivity index (χ3n) is 5.12. The maximum absolute atomic E-state index is 12.6. The number of amides is 1. The van der Waals surface area contributed by atoms with Crippen molar-refractivity contribution in [3.8, 4) is 11.5 Å². The molecule has 0 aliphatic carbocycles. The summed E-state index contributed by atoms with van der Waals surface area (Å²) < 4.78 is 40.6. The van der Waals surface area contributed by atoms with Crippen molar-refractivity contribution in [1.82, 2.24) is 0 Å². The van der Waals surface area contributed by atoms with Gasteiger partial charge < -0.3 is 19.1 Å². The summed E-state index contributed by atoms with van der Waals surface area (Å²) in [7, 11) is -0.0362.